The maximum atomic E-state index is 13.2. The second-order valence-electron chi connectivity index (χ2n) is 21.4. The van der Waals surface area contributed by atoms with E-state index in [0.29, 0.717) is 12.1 Å². The molecule has 0 aromatic heterocycles. The Morgan fingerprint density at radius 1 is 0.493 bits per heavy atom. The van der Waals surface area contributed by atoms with Gasteiger partial charge in [-0.25, -0.2) is 4.79 Å². The van der Waals surface area contributed by atoms with Crippen LogP contribution in [0.15, 0.2) is 24.3 Å². The number of carbonyl (C=O) groups excluding carboxylic acids is 6. The van der Waals surface area contributed by atoms with Crippen molar-refractivity contribution in [3.63, 3.8) is 0 Å². The van der Waals surface area contributed by atoms with E-state index >= 15 is 0 Å². The van der Waals surface area contributed by atoms with Crippen LogP contribution >= 0.6 is 0 Å². The van der Waals surface area contributed by atoms with Gasteiger partial charge in [0, 0.05) is 30.5 Å². The number of benzene rings is 1. The average molecular weight is 1000 g/mol. The van der Waals surface area contributed by atoms with Gasteiger partial charge >= 0.3 is 23.9 Å². The highest BCUT2D eigenvalue weighted by Gasteiger charge is 2.29. The van der Waals surface area contributed by atoms with Crippen molar-refractivity contribution in [2.75, 3.05) is 25.1 Å². The molecule has 71 heavy (non-hydrogen) atoms. The van der Waals surface area contributed by atoms with Crippen molar-refractivity contribution in [1.82, 2.24) is 5.32 Å². The molecule has 0 aliphatic rings. The van der Waals surface area contributed by atoms with Gasteiger partial charge in [-0.15, -0.1) is 0 Å². The fraction of sp³-hybridized carbons (Fsp3) is 0.793. The molecule has 0 radical (unpaired) electrons. The molecular weight excluding hydrogens is 901 g/mol. The largest absolute Gasteiger partial charge is 0.462 e. The van der Waals surface area contributed by atoms with Crippen molar-refractivity contribution in [3.8, 4) is 0 Å². The number of rotatable bonds is 43. The summed E-state index contributed by atoms with van der Waals surface area (Å²) in [6.45, 7) is 14.8. The summed E-state index contributed by atoms with van der Waals surface area (Å²) in [5.74, 6) is -2.74. The van der Waals surface area contributed by atoms with Crippen LogP contribution in [0.25, 0.3) is 0 Å². The molecule has 0 bridgehead atoms. The van der Waals surface area contributed by atoms with Crippen molar-refractivity contribution in [1.29, 1.82) is 0 Å². The Morgan fingerprint density at radius 2 is 0.930 bits per heavy atom. The molecule has 2 amide bonds. The first-order valence-corrected chi connectivity index (χ1v) is 28.0. The summed E-state index contributed by atoms with van der Waals surface area (Å²) in [5.41, 5.74) is -0.830. The number of unbranched alkanes of at least 4 members (excludes halogenated alkanes) is 24. The fourth-order valence-corrected chi connectivity index (χ4v) is 8.02. The molecule has 13 heteroatoms. The second kappa shape index (κ2) is 40.5. The van der Waals surface area contributed by atoms with E-state index in [9.17, 15) is 28.8 Å². The first-order chi connectivity index (χ1) is 33.9. The minimum Gasteiger partial charge on any atom is -0.462 e. The van der Waals surface area contributed by atoms with Gasteiger partial charge in [0.25, 0.3) is 5.91 Å². The molecule has 1 aromatic carbocycles. The highest BCUT2D eigenvalue weighted by molar-refractivity contribution is 5.98. The molecular formula is C58H100N2O11. The van der Waals surface area contributed by atoms with E-state index in [-0.39, 0.29) is 68.9 Å². The van der Waals surface area contributed by atoms with Crippen molar-refractivity contribution < 1.29 is 52.5 Å². The molecule has 0 aliphatic heterocycles. The minimum atomic E-state index is -1.10. The summed E-state index contributed by atoms with van der Waals surface area (Å²) in [6, 6.07) is 5.06. The van der Waals surface area contributed by atoms with Crippen LogP contribution in [0.3, 0.4) is 0 Å². The molecule has 1 unspecified atom stereocenters. The monoisotopic (exact) mass is 1000 g/mol. The number of amides is 2. The fourth-order valence-electron chi connectivity index (χ4n) is 8.02. The summed E-state index contributed by atoms with van der Waals surface area (Å²) < 4.78 is 28.0. The molecule has 2 atom stereocenters. The summed E-state index contributed by atoms with van der Waals surface area (Å²) >= 11 is 0. The molecule has 2 N–H and O–H groups in total. The van der Waals surface area contributed by atoms with Gasteiger partial charge in [-0.3, -0.25) is 24.0 Å². The molecule has 0 saturated carbocycles. The molecule has 0 aliphatic carbocycles. The normalized spacial score (nSPS) is 12.5. The Kier molecular flexibility index (Phi) is 37.1. The van der Waals surface area contributed by atoms with E-state index in [2.05, 4.69) is 24.5 Å². The van der Waals surface area contributed by atoms with Crippen LogP contribution in [0, 0.1) is 0 Å². The third-order valence-electron chi connectivity index (χ3n) is 12.0. The van der Waals surface area contributed by atoms with Crippen molar-refractivity contribution in [3.05, 3.63) is 29.8 Å². The standard InChI is InChI=1S/C58H100N2O11/c1-9-11-13-15-17-19-21-23-25-27-29-31-33-35-52(62)68-46-49(69-53(63)36-34-32-30-28-26-24-22-20-18-16-14-12-10-2)45-67-44-43-51(61)59-48-39-37-47(38-40-48)55(65)60-50(56(66)71-58(6,7)8)41-42-54(64)70-57(3,4)5/h37-40,49-50H,9-36,41-46H2,1-8H3,(H,59,61)(H,60,65)/t49?,50-/m0/s1. The Balaban J connectivity index is 2.62. The van der Waals surface area contributed by atoms with Gasteiger partial charge in [-0.1, -0.05) is 168 Å². The van der Waals surface area contributed by atoms with Gasteiger partial charge < -0.3 is 34.3 Å². The molecule has 408 valence electrons. The molecule has 0 saturated heterocycles. The van der Waals surface area contributed by atoms with E-state index in [1.54, 1.807) is 53.7 Å². The first kappa shape index (κ1) is 65.0. The van der Waals surface area contributed by atoms with Crippen LogP contribution in [-0.4, -0.2) is 78.9 Å². The highest BCUT2D eigenvalue weighted by atomic mass is 16.6. The minimum absolute atomic E-state index is 0.00405. The Bertz CT molecular complexity index is 1580. The number of hydrogen-bond donors (Lipinski definition) is 2. The predicted molar refractivity (Wildman–Crippen MR) is 284 cm³/mol. The number of hydrogen-bond acceptors (Lipinski definition) is 11. The highest BCUT2D eigenvalue weighted by Crippen LogP contribution is 2.18. The van der Waals surface area contributed by atoms with E-state index in [0.717, 1.165) is 38.5 Å². The van der Waals surface area contributed by atoms with E-state index in [4.69, 9.17) is 23.7 Å². The van der Waals surface area contributed by atoms with Crippen LogP contribution in [0.5, 0.6) is 0 Å². The van der Waals surface area contributed by atoms with Crippen LogP contribution in [0.2, 0.25) is 0 Å². The SMILES string of the molecule is CCCCCCCCCCCCCCCC(=O)OCC(COCCC(=O)Nc1ccc(C(=O)N[C@@H](CCC(=O)OC(C)(C)C)C(=O)OC(C)(C)C)cc1)OC(=O)CCCCCCCCCCCCCCC. The zero-order valence-electron chi connectivity index (χ0n) is 46.0. The van der Waals surface area contributed by atoms with Crippen LogP contribution in [0.4, 0.5) is 5.69 Å². The third kappa shape index (κ3) is 39.2. The molecule has 1 aromatic rings. The topological polar surface area (TPSA) is 173 Å². The van der Waals surface area contributed by atoms with Gasteiger partial charge in [-0.2, -0.15) is 0 Å². The zero-order chi connectivity index (χ0) is 52.6. The van der Waals surface area contributed by atoms with Gasteiger partial charge in [0.15, 0.2) is 6.10 Å². The molecule has 0 spiro atoms. The van der Waals surface area contributed by atoms with Gasteiger partial charge in [0.05, 0.1) is 19.6 Å². The van der Waals surface area contributed by atoms with E-state index in [1.807, 2.05) is 0 Å². The smallest absolute Gasteiger partial charge is 0.329 e. The summed E-state index contributed by atoms with van der Waals surface area (Å²) in [7, 11) is 0. The summed E-state index contributed by atoms with van der Waals surface area (Å²) in [6.07, 6.45) is 31.3. The van der Waals surface area contributed by atoms with Crippen LogP contribution < -0.4 is 10.6 Å². The average Bonchev–Trinajstić information content (AvgIpc) is 3.30. The Hall–Kier alpha value is -4.00. The summed E-state index contributed by atoms with van der Waals surface area (Å²) in [5, 5.41) is 5.46. The Labute approximate surface area is 430 Å². The lowest BCUT2D eigenvalue weighted by molar-refractivity contribution is -0.163. The van der Waals surface area contributed by atoms with Gasteiger partial charge in [0.2, 0.25) is 5.91 Å². The van der Waals surface area contributed by atoms with Crippen LogP contribution in [0.1, 0.15) is 265 Å². The molecule has 0 heterocycles. The number of anilines is 1. The van der Waals surface area contributed by atoms with E-state index in [1.165, 1.54) is 141 Å². The number of esters is 4. The summed E-state index contributed by atoms with van der Waals surface area (Å²) in [4.78, 5) is 77.0. The number of carbonyl (C=O) groups is 6. The zero-order valence-corrected chi connectivity index (χ0v) is 46.0. The van der Waals surface area contributed by atoms with Gasteiger partial charge in [0.1, 0.15) is 23.9 Å². The lowest BCUT2D eigenvalue weighted by atomic mass is 10.0. The number of nitrogens with one attached hydrogen (secondary N) is 2. The Morgan fingerprint density at radius 3 is 1.38 bits per heavy atom. The molecule has 1 rings (SSSR count). The van der Waals surface area contributed by atoms with Crippen molar-refractivity contribution in [2.45, 2.75) is 278 Å². The second-order valence-corrected chi connectivity index (χ2v) is 21.4. The maximum Gasteiger partial charge on any atom is 0.329 e. The first-order valence-electron chi connectivity index (χ1n) is 28.0. The van der Waals surface area contributed by atoms with Gasteiger partial charge in [-0.05, 0) is 85.1 Å². The molecule has 0 fully saturated rings. The lowest BCUT2D eigenvalue weighted by Gasteiger charge is -2.25. The maximum absolute atomic E-state index is 13.2. The lowest BCUT2D eigenvalue weighted by Crippen LogP contribution is -2.44. The van der Waals surface area contributed by atoms with Crippen molar-refractivity contribution >= 4 is 41.4 Å². The quantitative estimate of drug-likeness (QED) is 0.0362. The van der Waals surface area contributed by atoms with Crippen molar-refractivity contribution in [2.24, 2.45) is 0 Å². The van der Waals surface area contributed by atoms with Crippen LogP contribution in [-0.2, 0) is 47.7 Å². The predicted octanol–water partition coefficient (Wildman–Crippen LogP) is 14.0. The van der Waals surface area contributed by atoms with E-state index < -0.39 is 41.2 Å². The molecule has 13 nitrogen and oxygen atoms in total. The number of ether oxygens (including phenoxy) is 5. The third-order valence-corrected chi connectivity index (χ3v) is 12.0.